The Labute approximate surface area is 144 Å². The number of hydrogen-bond donors (Lipinski definition) is 0. The molecule has 2 atom stereocenters. The molecule has 2 fully saturated rings. The van der Waals surface area contributed by atoms with Crippen molar-refractivity contribution in [1.82, 2.24) is 9.80 Å². The van der Waals surface area contributed by atoms with E-state index in [2.05, 4.69) is 29.2 Å². The molecule has 2 amide bonds. The number of carbonyl (C=O) groups excluding carboxylic acids is 2. The fourth-order valence-electron chi connectivity index (χ4n) is 3.75. The van der Waals surface area contributed by atoms with Gasteiger partial charge in [0, 0.05) is 45.3 Å². The van der Waals surface area contributed by atoms with Crippen molar-refractivity contribution < 1.29 is 9.59 Å². The molecule has 0 radical (unpaired) electrons. The van der Waals surface area contributed by atoms with Crippen molar-refractivity contribution >= 4 is 17.5 Å². The Morgan fingerprint density at radius 1 is 1.25 bits per heavy atom. The summed E-state index contributed by atoms with van der Waals surface area (Å²) in [5.74, 6) is 0.214. The SMILES string of the molecule is C[C@H]1C(=O)N2CCC[C@@H]2CN1C(=O)CCc1ccc(N(C)C)cc1. The van der Waals surface area contributed by atoms with Crippen molar-refractivity contribution in [2.24, 2.45) is 0 Å². The molecule has 2 aliphatic heterocycles. The van der Waals surface area contributed by atoms with Crippen LogP contribution in [0.4, 0.5) is 5.69 Å². The second-order valence-electron chi connectivity index (χ2n) is 7.11. The standard InChI is InChI=1S/C19H27N3O2/c1-14-19(24)21-12-4-5-17(21)13-22(14)18(23)11-8-15-6-9-16(10-7-15)20(2)3/h6-7,9-10,14,17H,4-5,8,11-13H2,1-3H3/t14-,17+/m0/s1. The van der Waals surface area contributed by atoms with E-state index >= 15 is 0 Å². The van der Waals surface area contributed by atoms with Gasteiger partial charge in [0.2, 0.25) is 11.8 Å². The van der Waals surface area contributed by atoms with Crippen LogP contribution in [0.3, 0.4) is 0 Å². The number of rotatable bonds is 4. The lowest BCUT2D eigenvalue weighted by Crippen LogP contribution is -2.60. The highest BCUT2D eigenvalue weighted by atomic mass is 16.2. The second-order valence-corrected chi connectivity index (χ2v) is 7.11. The molecule has 0 aromatic heterocycles. The molecule has 2 saturated heterocycles. The Bertz CT molecular complexity index is 612. The van der Waals surface area contributed by atoms with Crippen molar-refractivity contribution in [1.29, 1.82) is 0 Å². The Kier molecular flexibility index (Phi) is 4.78. The lowest BCUT2D eigenvalue weighted by Gasteiger charge is -2.41. The van der Waals surface area contributed by atoms with Crippen LogP contribution in [0.1, 0.15) is 31.7 Å². The number of carbonyl (C=O) groups is 2. The summed E-state index contributed by atoms with van der Waals surface area (Å²) >= 11 is 0. The topological polar surface area (TPSA) is 43.9 Å². The molecule has 5 heteroatoms. The van der Waals surface area contributed by atoms with Gasteiger partial charge < -0.3 is 14.7 Å². The molecule has 2 heterocycles. The Morgan fingerprint density at radius 3 is 2.62 bits per heavy atom. The third kappa shape index (κ3) is 3.25. The number of aryl methyl sites for hydroxylation is 1. The van der Waals surface area contributed by atoms with Crippen LogP contribution >= 0.6 is 0 Å². The molecule has 130 valence electrons. The normalized spacial score (nSPS) is 23.4. The average molecular weight is 329 g/mol. The summed E-state index contributed by atoms with van der Waals surface area (Å²) in [6, 6.07) is 8.21. The number of benzene rings is 1. The third-order valence-corrected chi connectivity index (χ3v) is 5.29. The fourth-order valence-corrected chi connectivity index (χ4v) is 3.75. The van der Waals surface area contributed by atoms with Crippen molar-refractivity contribution in [2.75, 3.05) is 32.1 Å². The Hall–Kier alpha value is -2.04. The predicted molar refractivity (Wildman–Crippen MR) is 95.0 cm³/mol. The zero-order chi connectivity index (χ0) is 17.3. The van der Waals surface area contributed by atoms with Crippen molar-refractivity contribution in [2.45, 2.75) is 44.7 Å². The predicted octanol–water partition coefficient (Wildman–Crippen LogP) is 1.91. The number of piperazine rings is 1. The van der Waals surface area contributed by atoms with Crippen LogP contribution in [-0.4, -0.2) is 60.9 Å². The first-order valence-electron chi connectivity index (χ1n) is 8.83. The van der Waals surface area contributed by atoms with Crippen LogP contribution in [0.5, 0.6) is 0 Å². The van der Waals surface area contributed by atoms with Crippen LogP contribution in [0.2, 0.25) is 0 Å². The van der Waals surface area contributed by atoms with E-state index in [9.17, 15) is 9.59 Å². The van der Waals surface area contributed by atoms with Gasteiger partial charge in [0.1, 0.15) is 6.04 Å². The summed E-state index contributed by atoms with van der Waals surface area (Å²) in [5, 5.41) is 0. The molecule has 0 saturated carbocycles. The van der Waals surface area contributed by atoms with E-state index in [4.69, 9.17) is 0 Å². The number of nitrogens with zero attached hydrogens (tertiary/aromatic N) is 3. The molecule has 2 aliphatic rings. The highest BCUT2D eigenvalue weighted by molar-refractivity contribution is 5.89. The first-order chi connectivity index (χ1) is 11.5. The Balaban J connectivity index is 1.59. The van der Waals surface area contributed by atoms with Gasteiger partial charge in [-0.15, -0.1) is 0 Å². The summed E-state index contributed by atoms with van der Waals surface area (Å²) in [6.45, 7) is 3.42. The van der Waals surface area contributed by atoms with Gasteiger partial charge in [-0.25, -0.2) is 0 Å². The van der Waals surface area contributed by atoms with Gasteiger partial charge in [-0.2, -0.15) is 0 Å². The zero-order valence-corrected chi connectivity index (χ0v) is 14.9. The minimum Gasteiger partial charge on any atom is -0.378 e. The summed E-state index contributed by atoms with van der Waals surface area (Å²) in [4.78, 5) is 30.9. The molecular formula is C19H27N3O2. The van der Waals surface area contributed by atoms with Crippen molar-refractivity contribution in [3.8, 4) is 0 Å². The largest absolute Gasteiger partial charge is 0.378 e. The quantitative estimate of drug-likeness (QED) is 0.847. The molecule has 3 rings (SSSR count). The van der Waals surface area contributed by atoms with Gasteiger partial charge in [0.05, 0.1) is 0 Å². The molecule has 0 aliphatic carbocycles. The number of anilines is 1. The van der Waals surface area contributed by atoms with Gasteiger partial charge in [-0.1, -0.05) is 12.1 Å². The minimum atomic E-state index is -0.317. The molecule has 5 nitrogen and oxygen atoms in total. The van der Waals surface area contributed by atoms with E-state index in [0.717, 1.165) is 37.1 Å². The Morgan fingerprint density at radius 2 is 1.96 bits per heavy atom. The molecule has 0 unspecified atom stereocenters. The van der Waals surface area contributed by atoms with Gasteiger partial charge in [-0.05, 0) is 43.9 Å². The average Bonchev–Trinajstić information content (AvgIpc) is 3.05. The number of fused-ring (bicyclic) bond motifs is 1. The molecule has 0 N–H and O–H groups in total. The number of amides is 2. The maximum absolute atomic E-state index is 12.6. The molecule has 0 bridgehead atoms. The van der Waals surface area contributed by atoms with E-state index in [-0.39, 0.29) is 23.9 Å². The minimum absolute atomic E-state index is 0.0964. The molecule has 0 spiro atoms. The molecule has 1 aromatic rings. The highest BCUT2D eigenvalue weighted by Gasteiger charge is 2.41. The fraction of sp³-hybridized carbons (Fsp3) is 0.579. The first kappa shape index (κ1) is 16.8. The second kappa shape index (κ2) is 6.83. The summed E-state index contributed by atoms with van der Waals surface area (Å²) in [7, 11) is 4.03. The van der Waals surface area contributed by atoms with Crippen molar-refractivity contribution in [3.63, 3.8) is 0 Å². The lowest BCUT2D eigenvalue weighted by molar-refractivity contribution is -0.152. The van der Waals surface area contributed by atoms with Crippen molar-refractivity contribution in [3.05, 3.63) is 29.8 Å². The smallest absolute Gasteiger partial charge is 0.245 e. The summed E-state index contributed by atoms with van der Waals surface area (Å²) < 4.78 is 0. The maximum atomic E-state index is 12.6. The molecule has 1 aromatic carbocycles. The van der Waals surface area contributed by atoms with Gasteiger partial charge >= 0.3 is 0 Å². The molecular weight excluding hydrogens is 302 g/mol. The summed E-state index contributed by atoms with van der Waals surface area (Å²) in [5.41, 5.74) is 2.31. The summed E-state index contributed by atoms with van der Waals surface area (Å²) in [6.07, 6.45) is 3.27. The first-order valence-corrected chi connectivity index (χ1v) is 8.83. The van der Waals surface area contributed by atoms with E-state index in [1.165, 1.54) is 0 Å². The number of hydrogen-bond acceptors (Lipinski definition) is 3. The van der Waals surface area contributed by atoms with Crippen LogP contribution in [-0.2, 0) is 16.0 Å². The van der Waals surface area contributed by atoms with Gasteiger partial charge in [-0.3, -0.25) is 9.59 Å². The van der Waals surface area contributed by atoms with Crippen LogP contribution in [0.15, 0.2) is 24.3 Å². The monoisotopic (exact) mass is 329 g/mol. The zero-order valence-electron chi connectivity index (χ0n) is 14.9. The molecule has 24 heavy (non-hydrogen) atoms. The van der Waals surface area contributed by atoms with E-state index in [1.54, 1.807) is 4.90 Å². The third-order valence-electron chi connectivity index (χ3n) is 5.29. The van der Waals surface area contributed by atoms with Crippen LogP contribution in [0, 0.1) is 0 Å². The maximum Gasteiger partial charge on any atom is 0.245 e. The van der Waals surface area contributed by atoms with E-state index in [1.807, 2.05) is 25.9 Å². The van der Waals surface area contributed by atoms with E-state index < -0.39 is 0 Å². The highest BCUT2D eigenvalue weighted by Crippen LogP contribution is 2.26. The van der Waals surface area contributed by atoms with Gasteiger partial charge in [0.15, 0.2) is 0 Å². The van der Waals surface area contributed by atoms with Crippen LogP contribution in [0.25, 0.3) is 0 Å². The lowest BCUT2D eigenvalue weighted by atomic mass is 10.0. The van der Waals surface area contributed by atoms with Crippen LogP contribution < -0.4 is 4.90 Å². The van der Waals surface area contributed by atoms with Gasteiger partial charge in [0.25, 0.3) is 0 Å². The van der Waals surface area contributed by atoms with E-state index in [0.29, 0.717) is 13.0 Å².